The van der Waals surface area contributed by atoms with Crippen LogP contribution in [0.3, 0.4) is 0 Å². The van der Waals surface area contributed by atoms with Crippen LogP contribution in [0.4, 0.5) is 0 Å². The summed E-state index contributed by atoms with van der Waals surface area (Å²) in [6.07, 6.45) is 5.16. The van der Waals surface area contributed by atoms with E-state index in [1.807, 2.05) is 40.4 Å². The lowest BCUT2D eigenvalue weighted by atomic mass is 10.1. The van der Waals surface area contributed by atoms with E-state index in [1.165, 1.54) is 5.56 Å². The van der Waals surface area contributed by atoms with Crippen LogP contribution in [0.15, 0.2) is 42.0 Å². The molecule has 4 rings (SSSR count). The minimum absolute atomic E-state index is 0.0280. The molecule has 2 heterocycles. The Morgan fingerprint density at radius 2 is 2.41 bits per heavy atom. The lowest BCUT2D eigenvalue weighted by molar-refractivity contribution is -0.120. The first-order valence-corrected chi connectivity index (χ1v) is 8.41. The van der Waals surface area contributed by atoms with Crippen LogP contribution < -0.4 is 5.32 Å². The zero-order valence-electron chi connectivity index (χ0n) is 11.7. The molecule has 0 bridgehead atoms. The highest BCUT2D eigenvalue weighted by Crippen LogP contribution is 2.41. The number of rotatable bonds is 4. The molecule has 22 heavy (non-hydrogen) atoms. The van der Waals surface area contributed by atoms with E-state index >= 15 is 0 Å². The Labute approximate surface area is 136 Å². The molecule has 0 radical (unpaired) electrons. The van der Waals surface area contributed by atoms with Gasteiger partial charge >= 0.3 is 0 Å². The number of aromatic nitrogens is 2. The van der Waals surface area contributed by atoms with E-state index in [0.29, 0.717) is 12.3 Å². The van der Waals surface area contributed by atoms with Crippen LogP contribution in [0.5, 0.6) is 0 Å². The molecular weight excluding hydrogens is 318 g/mol. The summed E-state index contributed by atoms with van der Waals surface area (Å²) in [7, 11) is 0. The topological polar surface area (TPSA) is 46.4 Å². The highest BCUT2D eigenvalue weighted by atomic mass is 35.5. The van der Waals surface area contributed by atoms with Crippen LogP contribution in [-0.4, -0.2) is 21.3 Å². The summed E-state index contributed by atoms with van der Waals surface area (Å²) in [6, 6.07) is 8.07. The van der Waals surface area contributed by atoms with Crippen molar-refractivity contribution in [1.82, 2.24) is 14.7 Å². The second kappa shape index (κ2) is 5.41. The molecule has 0 spiro atoms. The molecule has 1 amide bonds. The summed E-state index contributed by atoms with van der Waals surface area (Å²) >= 11 is 7.58. The highest BCUT2D eigenvalue weighted by Gasteiger charge is 2.39. The zero-order chi connectivity index (χ0) is 15.1. The maximum atomic E-state index is 12.1. The third-order valence-electron chi connectivity index (χ3n) is 3.90. The molecule has 2 atom stereocenters. The van der Waals surface area contributed by atoms with Crippen LogP contribution in [-0.2, 0) is 11.2 Å². The zero-order valence-corrected chi connectivity index (χ0v) is 13.3. The van der Waals surface area contributed by atoms with Gasteiger partial charge in [0.15, 0.2) is 4.96 Å². The van der Waals surface area contributed by atoms with Crippen LogP contribution in [0.1, 0.15) is 23.6 Å². The average Bonchev–Trinajstić information content (AvgIpc) is 2.91. The number of benzene rings is 1. The number of fused-ring (bicyclic) bond motifs is 1. The van der Waals surface area contributed by atoms with E-state index in [9.17, 15) is 4.79 Å². The second-order valence-electron chi connectivity index (χ2n) is 5.57. The second-order valence-corrected chi connectivity index (χ2v) is 6.88. The number of hydrogen-bond donors (Lipinski definition) is 1. The van der Waals surface area contributed by atoms with Crippen molar-refractivity contribution in [3.63, 3.8) is 0 Å². The Bertz CT molecular complexity index is 812. The number of carbonyl (C=O) groups excluding carboxylic acids is 1. The van der Waals surface area contributed by atoms with E-state index in [0.717, 1.165) is 22.1 Å². The summed E-state index contributed by atoms with van der Waals surface area (Å²) in [4.78, 5) is 17.5. The minimum atomic E-state index is 0.0280. The van der Waals surface area contributed by atoms with E-state index in [4.69, 9.17) is 11.6 Å². The van der Waals surface area contributed by atoms with Crippen molar-refractivity contribution in [2.45, 2.75) is 24.8 Å². The van der Waals surface area contributed by atoms with Crippen LogP contribution in [0, 0.1) is 0 Å². The molecular formula is C16H14ClN3OS. The van der Waals surface area contributed by atoms with E-state index < -0.39 is 0 Å². The fourth-order valence-corrected chi connectivity index (χ4v) is 3.66. The van der Waals surface area contributed by atoms with E-state index in [1.54, 1.807) is 11.3 Å². The summed E-state index contributed by atoms with van der Waals surface area (Å²) < 4.78 is 1.94. The van der Waals surface area contributed by atoms with Crippen molar-refractivity contribution in [1.29, 1.82) is 0 Å². The molecule has 1 aliphatic carbocycles. The number of thiazole rings is 1. The first-order valence-electron chi connectivity index (χ1n) is 7.15. The van der Waals surface area contributed by atoms with Gasteiger partial charge in [0.25, 0.3) is 0 Å². The Kier molecular flexibility index (Phi) is 3.39. The fourth-order valence-electron chi connectivity index (χ4n) is 2.74. The quantitative estimate of drug-likeness (QED) is 0.797. The fraction of sp³-hybridized carbons (Fsp3) is 0.250. The van der Waals surface area contributed by atoms with Crippen LogP contribution >= 0.6 is 22.9 Å². The number of carbonyl (C=O) groups is 1. The van der Waals surface area contributed by atoms with Gasteiger partial charge in [0.1, 0.15) is 0 Å². The number of hydrogen-bond acceptors (Lipinski definition) is 3. The molecule has 1 N–H and O–H groups in total. The Hall–Kier alpha value is -1.85. The van der Waals surface area contributed by atoms with Gasteiger partial charge in [0.2, 0.25) is 5.91 Å². The molecule has 2 aromatic heterocycles. The third-order valence-corrected chi connectivity index (χ3v) is 4.90. The number of amides is 1. The van der Waals surface area contributed by atoms with Crippen molar-refractivity contribution in [3.05, 3.63) is 58.3 Å². The van der Waals surface area contributed by atoms with Gasteiger partial charge in [-0.05, 0) is 24.1 Å². The Morgan fingerprint density at radius 3 is 3.23 bits per heavy atom. The Morgan fingerprint density at radius 1 is 1.50 bits per heavy atom. The number of nitrogens with zero attached hydrogens (tertiary/aromatic N) is 2. The largest absolute Gasteiger partial charge is 0.352 e. The smallest absolute Gasteiger partial charge is 0.226 e. The summed E-state index contributed by atoms with van der Waals surface area (Å²) in [6.45, 7) is 0. The lowest BCUT2D eigenvalue weighted by Crippen LogP contribution is -2.28. The predicted octanol–water partition coefficient (Wildman–Crippen LogP) is 3.26. The number of imidazole rings is 1. The molecule has 1 aliphatic rings. The highest BCUT2D eigenvalue weighted by molar-refractivity contribution is 7.15. The van der Waals surface area contributed by atoms with Gasteiger partial charge in [-0.1, -0.05) is 23.7 Å². The first-order chi connectivity index (χ1) is 10.7. The van der Waals surface area contributed by atoms with Gasteiger partial charge in [-0.3, -0.25) is 9.20 Å². The molecule has 3 aromatic rings. The summed E-state index contributed by atoms with van der Waals surface area (Å²) in [5.41, 5.74) is 2.00. The predicted molar refractivity (Wildman–Crippen MR) is 87.5 cm³/mol. The van der Waals surface area contributed by atoms with Crippen molar-refractivity contribution in [3.8, 4) is 0 Å². The third kappa shape index (κ3) is 2.74. The maximum Gasteiger partial charge on any atom is 0.226 e. The number of halogens is 1. The van der Waals surface area contributed by atoms with Crippen molar-refractivity contribution >= 4 is 33.8 Å². The number of nitrogens with one attached hydrogen (secondary N) is 1. The van der Waals surface area contributed by atoms with Gasteiger partial charge in [-0.15, -0.1) is 11.3 Å². The summed E-state index contributed by atoms with van der Waals surface area (Å²) in [5, 5.41) is 5.80. The summed E-state index contributed by atoms with van der Waals surface area (Å²) in [5.74, 6) is 0.411. The molecule has 1 fully saturated rings. The normalized spacial score (nSPS) is 20.2. The minimum Gasteiger partial charge on any atom is -0.352 e. The van der Waals surface area contributed by atoms with Crippen LogP contribution in [0.25, 0.3) is 4.96 Å². The molecule has 6 heteroatoms. The monoisotopic (exact) mass is 331 g/mol. The molecule has 112 valence electrons. The van der Waals surface area contributed by atoms with Crippen molar-refractivity contribution in [2.24, 2.45) is 0 Å². The van der Waals surface area contributed by atoms with E-state index in [-0.39, 0.29) is 11.9 Å². The molecule has 0 aliphatic heterocycles. The Balaban J connectivity index is 1.36. The molecule has 0 saturated heterocycles. The van der Waals surface area contributed by atoms with Crippen LogP contribution in [0.2, 0.25) is 5.02 Å². The van der Waals surface area contributed by atoms with Crippen molar-refractivity contribution in [2.75, 3.05) is 0 Å². The first kappa shape index (κ1) is 13.8. The molecule has 1 aromatic carbocycles. The molecule has 1 saturated carbocycles. The standard InChI is InChI=1S/C16H14ClN3OS/c17-11-3-1-2-10(6-11)13-8-14(13)19-15(21)7-12-9-20-4-5-22-16(20)18-12/h1-6,9,13-14H,7-8H2,(H,19,21)/t13-,14-/m1/s1. The maximum absolute atomic E-state index is 12.1. The van der Waals surface area contributed by atoms with Crippen molar-refractivity contribution < 1.29 is 4.79 Å². The SMILES string of the molecule is O=C(Cc1cn2ccsc2n1)N[C@@H]1C[C@@H]1c1cccc(Cl)c1. The average molecular weight is 332 g/mol. The molecule has 4 nitrogen and oxygen atoms in total. The molecule has 0 unspecified atom stereocenters. The van der Waals surface area contributed by atoms with Gasteiger partial charge in [-0.25, -0.2) is 4.98 Å². The van der Waals surface area contributed by atoms with Gasteiger partial charge < -0.3 is 5.32 Å². The van der Waals surface area contributed by atoms with E-state index in [2.05, 4.69) is 16.4 Å². The van der Waals surface area contributed by atoms with Gasteiger partial charge in [0.05, 0.1) is 12.1 Å². The van der Waals surface area contributed by atoms with Gasteiger partial charge in [0, 0.05) is 34.8 Å². The van der Waals surface area contributed by atoms with Gasteiger partial charge in [-0.2, -0.15) is 0 Å². The lowest BCUT2D eigenvalue weighted by Gasteiger charge is -2.04.